The van der Waals surface area contributed by atoms with E-state index >= 15 is 0 Å². The molecule has 5 N–H and O–H groups in total. The molecule has 9 nitrogen and oxygen atoms in total. The Labute approximate surface area is 232 Å². The number of nitrogens with one attached hydrogen (secondary N) is 1. The van der Waals surface area contributed by atoms with Gasteiger partial charge in [0, 0.05) is 16.7 Å². The third kappa shape index (κ3) is 6.06. The van der Waals surface area contributed by atoms with Crippen molar-refractivity contribution in [1.29, 1.82) is 0 Å². The molecule has 2 heterocycles. The van der Waals surface area contributed by atoms with Gasteiger partial charge in [-0.3, -0.25) is 4.79 Å². The Morgan fingerprint density at radius 3 is 2.49 bits per heavy atom. The second-order valence-electron chi connectivity index (χ2n) is 10.0. The van der Waals surface area contributed by atoms with Gasteiger partial charge in [-0.05, 0) is 62.4 Å². The predicted octanol–water partition coefficient (Wildman–Crippen LogP) is 3.40. The number of carbonyl (C=O) groups excluding carboxylic acids is 1. The van der Waals surface area contributed by atoms with Crippen molar-refractivity contribution in [2.45, 2.75) is 37.3 Å². The Morgan fingerprint density at radius 2 is 1.88 bits per heavy atom. The average molecular weight is 580 g/mol. The average Bonchev–Trinajstić information content (AvgIpc) is 3.23. The minimum absolute atomic E-state index is 0.0545. The number of ether oxygens (including phenoxy) is 3. The molecule has 220 valence electrons. The number of halogens is 4. The van der Waals surface area contributed by atoms with E-state index in [0.717, 1.165) is 18.2 Å². The van der Waals surface area contributed by atoms with Crippen LogP contribution in [0.4, 0.5) is 17.6 Å². The van der Waals surface area contributed by atoms with Gasteiger partial charge in [0.05, 0.1) is 31.0 Å². The number of methoxy groups -OCH3 is 1. The van der Waals surface area contributed by atoms with Crippen LogP contribution in [0.25, 0.3) is 11.3 Å². The molecular weight excluding hydrogens is 550 g/mol. The van der Waals surface area contributed by atoms with E-state index in [1.54, 1.807) is 6.92 Å². The molecule has 4 rings (SSSR count). The van der Waals surface area contributed by atoms with Crippen molar-refractivity contribution in [3.05, 3.63) is 71.2 Å². The Balaban J connectivity index is 1.70. The summed E-state index contributed by atoms with van der Waals surface area (Å²) in [5.41, 5.74) is 0.837. The molecule has 2 aromatic carbocycles. The normalized spacial score (nSPS) is 18.6. The quantitative estimate of drug-likeness (QED) is 0.283. The van der Waals surface area contributed by atoms with E-state index < -0.39 is 47.4 Å². The first kappa shape index (κ1) is 30.0. The molecule has 3 atom stereocenters. The van der Waals surface area contributed by atoms with Crippen molar-refractivity contribution in [2.24, 2.45) is 5.73 Å². The fraction of sp³-hybridized carbons (Fsp3) is 0.357. The Morgan fingerprint density at radius 1 is 1.20 bits per heavy atom. The topological polar surface area (TPSA) is 136 Å². The maximum Gasteiger partial charge on any atom is 0.424 e. The molecule has 0 radical (unpaired) electrons. The number of pyridine rings is 1. The fourth-order valence-electron chi connectivity index (χ4n) is 4.20. The van der Waals surface area contributed by atoms with Gasteiger partial charge in [-0.2, -0.15) is 13.2 Å². The molecule has 13 heteroatoms. The number of hydrogen-bond donors (Lipinski definition) is 4. The van der Waals surface area contributed by atoms with Gasteiger partial charge in [-0.25, -0.2) is 9.37 Å². The van der Waals surface area contributed by atoms with E-state index in [9.17, 15) is 32.6 Å². The van der Waals surface area contributed by atoms with Crippen molar-refractivity contribution < 1.29 is 46.8 Å². The Kier molecular flexibility index (Phi) is 8.16. The van der Waals surface area contributed by atoms with Crippen LogP contribution in [0.3, 0.4) is 0 Å². The molecule has 0 fully saturated rings. The molecule has 0 spiro atoms. The molecule has 0 aliphatic carbocycles. The molecule has 1 unspecified atom stereocenters. The third-order valence-corrected chi connectivity index (χ3v) is 6.53. The van der Waals surface area contributed by atoms with Crippen molar-refractivity contribution in [3.8, 4) is 28.5 Å². The number of carbonyl (C=O) groups is 1. The van der Waals surface area contributed by atoms with Crippen molar-refractivity contribution in [2.75, 3.05) is 26.9 Å². The van der Waals surface area contributed by atoms with Gasteiger partial charge in [-0.15, -0.1) is 0 Å². The highest BCUT2D eigenvalue weighted by atomic mass is 19.4. The molecule has 3 aromatic rings. The monoisotopic (exact) mass is 579 g/mol. The fourth-order valence-corrected chi connectivity index (χ4v) is 4.20. The van der Waals surface area contributed by atoms with Crippen LogP contribution in [-0.2, 0) is 11.1 Å². The SMILES string of the molecule is COc1cc(C(=O)NCC(O)(c2cc3c(c(-c4ccc(F)cc4)n2)OC[C@@]3(C)N)C(F)(F)F)ccc1OC[C@@H](C)O. The molecule has 0 saturated carbocycles. The number of aromatic nitrogens is 1. The number of amides is 1. The van der Waals surface area contributed by atoms with E-state index in [1.165, 1.54) is 44.4 Å². The number of fused-ring (bicyclic) bond motifs is 1. The highest BCUT2D eigenvalue weighted by Crippen LogP contribution is 2.46. The van der Waals surface area contributed by atoms with Gasteiger partial charge < -0.3 is 35.5 Å². The van der Waals surface area contributed by atoms with Crippen LogP contribution < -0.4 is 25.3 Å². The van der Waals surface area contributed by atoms with E-state index in [0.29, 0.717) is 0 Å². The molecular formula is C28H29F4N3O6. The number of alkyl halides is 3. The first-order valence-corrected chi connectivity index (χ1v) is 12.5. The summed E-state index contributed by atoms with van der Waals surface area (Å²) in [6, 6.07) is 9.75. The van der Waals surface area contributed by atoms with E-state index in [1.807, 2.05) is 0 Å². The number of aliphatic hydroxyl groups excluding tert-OH is 1. The van der Waals surface area contributed by atoms with Crippen molar-refractivity contribution in [3.63, 3.8) is 0 Å². The first-order valence-electron chi connectivity index (χ1n) is 12.5. The molecule has 1 aliphatic heterocycles. The van der Waals surface area contributed by atoms with Crippen LogP contribution in [0.1, 0.15) is 35.5 Å². The van der Waals surface area contributed by atoms with Crippen LogP contribution in [0.15, 0.2) is 48.5 Å². The Bertz CT molecular complexity index is 1430. The zero-order valence-corrected chi connectivity index (χ0v) is 22.4. The van der Waals surface area contributed by atoms with Gasteiger partial charge in [0.2, 0.25) is 5.60 Å². The van der Waals surface area contributed by atoms with Gasteiger partial charge in [-0.1, -0.05) is 0 Å². The number of aliphatic hydroxyl groups is 2. The van der Waals surface area contributed by atoms with Crippen LogP contribution in [0.2, 0.25) is 0 Å². The molecule has 41 heavy (non-hydrogen) atoms. The van der Waals surface area contributed by atoms with Gasteiger partial charge in [0.15, 0.2) is 17.2 Å². The van der Waals surface area contributed by atoms with E-state index in [2.05, 4.69) is 10.3 Å². The summed E-state index contributed by atoms with van der Waals surface area (Å²) in [7, 11) is 1.31. The summed E-state index contributed by atoms with van der Waals surface area (Å²) in [4.78, 5) is 17.0. The molecule has 1 aliphatic rings. The zero-order chi connectivity index (χ0) is 30.2. The standard InChI is InChI=1S/C28H29F4N3O6/c1-15(36)12-40-20-9-6-17(10-21(20)39-3)25(37)34-13-27(38,28(30,31)32)22-11-19-24(41-14-26(19,2)33)23(35-22)16-4-7-18(29)8-5-16/h4-11,15,36,38H,12-14,33H2,1-3H3,(H,34,37)/t15-,26-,27?/m1/s1. The van der Waals surface area contributed by atoms with Crippen LogP contribution in [0.5, 0.6) is 17.2 Å². The van der Waals surface area contributed by atoms with E-state index in [4.69, 9.17) is 19.9 Å². The second kappa shape index (κ2) is 11.1. The summed E-state index contributed by atoms with van der Waals surface area (Å²) in [5, 5.41) is 22.6. The van der Waals surface area contributed by atoms with Crippen molar-refractivity contribution in [1.82, 2.24) is 10.3 Å². The first-order chi connectivity index (χ1) is 19.2. The minimum Gasteiger partial charge on any atom is -0.493 e. The lowest BCUT2D eigenvalue weighted by molar-refractivity contribution is -0.265. The lowest BCUT2D eigenvalue weighted by atomic mass is 9.89. The summed E-state index contributed by atoms with van der Waals surface area (Å²) >= 11 is 0. The maximum absolute atomic E-state index is 14.5. The molecule has 0 bridgehead atoms. The van der Waals surface area contributed by atoms with Crippen molar-refractivity contribution >= 4 is 5.91 Å². The minimum atomic E-state index is -5.29. The van der Waals surface area contributed by atoms with Gasteiger partial charge in [0.25, 0.3) is 5.91 Å². The summed E-state index contributed by atoms with van der Waals surface area (Å²) < 4.78 is 73.3. The number of hydrogen-bond acceptors (Lipinski definition) is 8. The summed E-state index contributed by atoms with van der Waals surface area (Å²) in [6.45, 7) is 1.64. The number of rotatable bonds is 9. The summed E-state index contributed by atoms with van der Waals surface area (Å²) in [6.07, 6.45) is -6.06. The lowest BCUT2D eigenvalue weighted by Crippen LogP contribution is -2.51. The number of nitrogens with zero attached hydrogens (tertiary/aromatic N) is 1. The van der Waals surface area contributed by atoms with Crippen LogP contribution >= 0.6 is 0 Å². The molecule has 1 amide bonds. The second-order valence-corrected chi connectivity index (χ2v) is 10.0. The smallest absolute Gasteiger partial charge is 0.424 e. The number of benzene rings is 2. The highest BCUT2D eigenvalue weighted by molar-refractivity contribution is 5.95. The predicted molar refractivity (Wildman–Crippen MR) is 139 cm³/mol. The van der Waals surface area contributed by atoms with E-state index in [-0.39, 0.29) is 52.8 Å². The third-order valence-electron chi connectivity index (χ3n) is 6.53. The maximum atomic E-state index is 14.5. The van der Waals surface area contributed by atoms with Gasteiger partial charge in [0.1, 0.15) is 24.7 Å². The van der Waals surface area contributed by atoms with Gasteiger partial charge >= 0.3 is 6.18 Å². The lowest BCUT2D eigenvalue weighted by Gasteiger charge is -2.31. The summed E-state index contributed by atoms with van der Waals surface area (Å²) in [5.74, 6) is -1.08. The Hall–Kier alpha value is -3.94. The number of nitrogens with two attached hydrogens (primary N) is 1. The van der Waals surface area contributed by atoms with Crippen LogP contribution in [0, 0.1) is 5.82 Å². The molecule has 1 aromatic heterocycles. The zero-order valence-electron chi connectivity index (χ0n) is 22.4. The highest BCUT2D eigenvalue weighted by Gasteiger charge is 2.57. The van der Waals surface area contributed by atoms with Crippen LogP contribution in [-0.4, -0.2) is 60.3 Å². The molecule has 0 saturated heterocycles. The largest absolute Gasteiger partial charge is 0.493 e.